The van der Waals surface area contributed by atoms with Crippen LogP contribution in [0.3, 0.4) is 0 Å². The van der Waals surface area contributed by atoms with E-state index in [1.165, 1.54) is 4.31 Å². The van der Waals surface area contributed by atoms with Gasteiger partial charge in [-0.1, -0.05) is 0 Å². The molecule has 132 valence electrons. The van der Waals surface area contributed by atoms with Gasteiger partial charge in [0.2, 0.25) is 10.0 Å². The number of likely N-dealkylation sites (N-methyl/N-ethyl adjacent to an activating group) is 1. The quantitative estimate of drug-likeness (QED) is 0.708. The van der Waals surface area contributed by atoms with E-state index in [0.717, 1.165) is 13.0 Å². The van der Waals surface area contributed by atoms with Crippen molar-refractivity contribution in [2.24, 2.45) is 0 Å². The summed E-state index contributed by atoms with van der Waals surface area (Å²) in [4.78, 5) is 0.291. The number of nitrogens with zero attached hydrogens (tertiary/aromatic N) is 1. The summed E-state index contributed by atoms with van der Waals surface area (Å²) in [6.07, 6.45) is 0.842. The molecule has 0 saturated carbocycles. The molecule has 23 heavy (non-hydrogen) atoms. The summed E-state index contributed by atoms with van der Waals surface area (Å²) in [5.41, 5.74) is 0. The summed E-state index contributed by atoms with van der Waals surface area (Å²) < 4.78 is 37.3. The van der Waals surface area contributed by atoms with Crippen molar-refractivity contribution in [2.45, 2.75) is 24.3 Å². The molecule has 0 bridgehead atoms. The summed E-state index contributed by atoms with van der Waals surface area (Å²) in [7, 11) is -1.82. The van der Waals surface area contributed by atoms with Crippen LogP contribution in [0.25, 0.3) is 0 Å². The van der Waals surface area contributed by atoms with Gasteiger partial charge in [0.1, 0.15) is 12.4 Å². The zero-order chi connectivity index (χ0) is 16.0. The number of halogens is 1. The van der Waals surface area contributed by atoms with Crippen LogP contribution >= 0.6 is 12.4 Å². The van der Waals surface area contributed by atoms with Gasteiger partial charge in [-0.05, 0) is 44.2 Å². The van der Waals surface area contributed by atoms with Gasteiger partial charge < -0.3 is 14.8 Å². The average molecular weight is 365 g/mol. The first kappa shape index (κ1) is 20.2. The third-order valence-electron chi connectivity index (χ3n) is 3.75. The van der Waals surface area contributed by atoms with Crippen molar-refractivity contribution in [3.05, 3.63) is 24.3 Å². The summed E-state index contributed by atoms with van der Waals surface area (Å²) in [6.45, 7) is 5.12. The third-order valence-corrected chi connectivity index (χ3v) is 5.67. The van der Waals surface area contributed by atoms with Crippen LogP contribution in [0, 0.1) is 0 Å². The predicted octanol–water partition coefficient (Wildman–Crippen LogP) is 1.51. The van der Waals surface area contributed by atoms with E-state index in [1.807, 2.05) is 6.92 Å². The Labute approximate surface area is 144 Å². The van der Waals surface area contributed by atoms with Crippen LogP contribution in [-0.2, 0) is 14.8 Å². The van der Waals surface area contributed by atoms with E-state index in [-0.39, 0.29) is 18.4 Å². The minimum atomic E-state index is -3.46. The summed E-state index contributed by atoms with van der Waals surface area (Å²) in [5.74, 6) is 0.642. The smallest absolute Gasteiger partial charge is 0.243 e. The highest BCUT2D eigenvalue weighted by atomic mass is 35.5. The average Bonchev–Trinajstić information content (AvgIpc) is 3.05. The van der Waals surface area contributed by atoms with Crippen LogP contribution in [0.5, 0.6) is 5.75 Å². The van der Waals surface area contributed by atoms with E-state index in [9.17, 15) is 8.42 Å². The SMILES string of the molecule is CCOCCOc1ccc(S(=O)(=O)N(C)C2CCNC2)cc1.Cl. The Kier molecular flexibility index (Phi) is 8.28. The van der Waals surface area contributed by atoms with Gasteiger partial charge in [-0.25, -0.2) is 8.42 Å². The van der Waals surface area contributed by atoms with E-state index < -0.39 is 10.0 Å². The number of ether oxygens (including phenoxy) is 2. The van der Waals surface area contributed by atoms with Gasteiger partial charge in [0.05, 0.1) is 11.5 Å². The minimum Gasteiger partial charge on any atom is -0.491 e. The fourth-order valence-corrected chi connectivity index (χ4v) is 3.77. The Morgan fingerprint density at radius 3 is 2.52 bits per heavy atom. The summed E-state index contributed by atoms with van der Waals surface area (Å²) in [5, 5.41) is 3.18. The van der Waals surface area contributed by atoms with E-state index in [4.69, 9.17) is 9.47 Å². The normalized spacial score (nSPS) is 18.0. The highest BCUT2D eigenvalue weighted by molar-refractivity contribution is 7.89. The Hall–Kier alpha value is -0.860. The van der Waals surface area contributed by atoms with Crippen molar-refractivity contribution < 1.29 is 17.9 Å². The molecule has 1 aliphatic rings. The molecular formula is C15H25ClN2O4S. The molecule has 0 radical (unpaired) electrons. The molecule has 0 amide bonds. The fraction of sp³-hybridized carbons (Fsp3) is 0.600. The Bertz CT molecular complexity index is 559. The van der Waals surface area contributed by atoms with Crippen LogP contribution in [0.4, 0.5) is 0 Å². The topological polar surface area (TPSA) is 67.9 Å². The first-order valence-electron chi connectivity index (χ1n) is 7.55. The lowest BCUT2D eigenvalue weighted by Crippen LogP contribution is -2.38. The number of sulfonamides is 1. The molecule has 2 rings (SSSR count). The lowest BCUT2D eigenvalue weighted by atomic mass is 10.3. The molecule has 6 nitrogen and oxygen atoms in total. The first-order chi connectivity index (χ1) is 10.6. The number of benzene rings is 1. The minimum absolute atomic E-state index is 0. The molecule has 1 saturated heterocycles. The summed E-state index contributed by atoms with van der Waals surface area (Å²) >= 11 is 0. The molecule has 1 N–H and O–H groups in total. The molecule has 0 aromatic heterocycles. The van der Waals surface area contributed by atoms with Crippen LogP contribution in [0.15, 0.2) is 29.2 Å². The van der Waals surface area contributed by atoms with Gasteiger partial charge in [0.25, 0.3) is 0 Å². The first-order valence-corrected chi connectivity index (χ1v) is 8.99. The van der Waals surface area contributed by atoms with Crippen molar-refractivity contribution in [3.8, 4) is 5.75 Å². The van der Waals surface area contributed by atoms with E-state index in [2.05, 4.69) is 5.32 Å². The molecule has 1 atom stereocenters. The number of rotatable bonds is 8. The van der Waals surface area contributed by atoms with Gasteiger partial charge in [-0.15, -0.1) is 12.4 Å². The molecule has 8 heteroatoms. The molecule has 0 spiro atoms. The zero-order valence-corrected chi connectivity index (χ0v) is 15.2. The van der Waals surface area contributed by atoms with Gasteiger partial charge in [0.15, 0.2) is 0 Å². The van der Waals surface area contributed by atoms with Gasteiger partial charge in [-0.2, -0.15) is 4.31 Å². The van der Waals surface area contributed by atoms with E-state index >= 15 is 0 Å². The molecule has 0 aliphatic carbocycles. The van der Waals surface area contributed by atoms with Crippen LogP contribution in [0.2, 0.25) is 0 Å². The number of hydrogen-bond acceptors (Lipinski definition) is 5. The molecule has 1 fully saturated rings. The fourth-order valence-electron chi connectivity index (χ4n) is 2.38. The second-order valence-electron chi connectivity index (χ2n) is 5.18. The number of hydrogen-bond donors (Lipinski definition) is 1. The maximum Gasteiger partial charge on any atom is 0.243 e. The maximum atomic E-state index is 12.6. The van der Waals surface area contributed by atoms with Crippen molar-refractivity contribution in [1.29, 1.82) is 0 Å². The van der Waals surface area contributed by atoms with E-state index in [0.29, 0.717) is 37.0 Å². The lowest BCUT2D eigenvalue weighted by molar-refractivity contribution is 0.110. The molecule has 1 heterocycles. The maximum absolute atomic E-state index is 12.6. The molecule has 1 aliphatic heterocycles. The van der Waals surface area contributed by atoms with E-state index in [1.54, 1.807) is 31.3 Å². The number of nitrogens with one attached hydrogen (secondary N) is 1. The second-order valence-corrected chi connectivity index (χ2v) is 7.18. The highest BCUT2D eigenvalue weighted by Gasteiger charge is 2.29. The van der Waals surface area contributed by atoms with Crippen molar-refractivity contribution in [3.63, 3.8) is 0 Å². The van der Waals surface area contributed by atoms with Crippen molar-refractivity contribution in [1.82, 2.24) is 9.62 Å². The van der Waals surface area contributed by atoms with Crippen LogP contribution < -0.4 is 10.1 Å². The van der Waals surface area contributed by atoms with Crippen LogP contribution in [0.1, 0.15) is 13.3 Å². The molecule has 1 aromatic carbocycles. The lowest BCUT2D eigenvalue weighted by Gasteiger charge is -2.23. The molecule has 1 aromatic rings. The zero-order valence-electron chi connectivity index (χ0n) is 13.5. The molecular weight excluding hydrogens is 340 g/mol. The van der Waals surface area contributed by atoms with Gasteiger partial charge in [0, 0.05) is 26.2 Å². The van der Waals surface area contributed by atoms with Gasteiger partial charge in [-0.3, -0.25) is 0 Å². The Balaban J connectivity index is 0.00000264. The molecule has 1 unspecified atom stereocenters. The van der Waals surface area contributed by atoms with Gasteiger partial charge >= 0.3 is 0 Å². The second kappa shape index (κ2) is 9.44. The largest absolute Gasteiger partial charge is 0.491 e. The van der Waals surface area contributed by atoms with Crippen LogP contribution in [-0.4, -0.2) is 58.7 Å². The highest BCUT2D eigenvalue weighted by Crippen LogP contribution is 2.21. The Morgan fingerprint density at radius 1 is 1.26 bits per heavy atom. The third kappa shape index (κ3) is 5.32. The monoisotopic (exact) mass is 364 g/mol. The Morgan fingerprint density at radius 2 is 1.96 bits per heavy atom. The van der Waals surface area contributed by atoms with Crippen molar-refractivity contribution in [2.75, 3.05) is 40.0 Å². The predicted molar refractivity (Wildman–Crippen MR) is 91.9 cm³/mol. The summed E-state index contributed by atoms with van der Waals surface area (Å²) in [6, 6.07) is 6.56. The van der Waals surface area contributed by atoms with Crippen molar-refractivity contribution >= 4 is 22.4 Å². The standard InChI is InChI=1S/C15H24N2O4S.ClH/c1-3-20-10-11-21-14-4-6-15(7-5-14)22(18,19)17(2)13-8-9-16-12-13;/h4-7,13,16H,3,8-12H2,1-2H3;1H.